The van der Waals surface area contributed by atoms with Gasteiger partial charge in [0.25, 0.3) is 0 Å². The number of ketones is 1. The molecule has 1 aliphatic heterocycles. The highest BCUT2D eigenvalue weighted by molar-refractivity contribution is 5.87. The molecule has 3 aromatic carbocycles. The number of piperazine rings is 1. The van der Waals surface area contributed by atoms with Crippen LogP contribution in [0.5, 0.6) is 0 Å². The normalized spacial score (nSPS) is 18.4. The van der Waals surface area contributed by atoms with Gasteiger partial charge >= 0.3 is 0 Å². The minimum Gasteiger partial charge on any atom is -0.468 e. The summed E-state index contributed by atoms with van der Waals surface area (Å²) in [5.41, 5.74) is 8.53. The van der Waals surface area contributed by atoms with Crippen LogP contribution in [-0.2, 0) is 22.4 Å². The molecule has 4 aromatic rings. The molecule has 0 amide bonds. The molecule has 4 unspecified atom stereocenters. The molecule has 6 nitrogen and oxygen atoms in total. The average molecular weight is 544 g/mol. The number of Topliss-reactive ketones (excluding diaryl/α,β-unsaturated/α-hetero) is 1. The third-order valence-electron chi connectivity index (χ3n) is 8.01. The first-order chi connectivity index (χ1) is 19.5. The molecule has 2 heterocycles. The van der Waals surface area contributed by atoms with Gasteiger partial charge in [0.2, 0.25) is 0 Å². The lowest BCUT2D eigenvalue weighted by atomic mass is 9.85. The lowest BCUT2D eigenvalue weighted by Gasteiger charge is -2.41. The zero-order chi connectivity index (χ0) is 27.9. The molecule has 210 valence electrons. The molecule has 1 aliphatic rings. The number of methoxy groups -OCH3 is 1. The first-order valence-electron chi connectivity index (χ1n) is 14.0. The fraction of sp³-hybridized carbons (Fsp3) is 0.364. The molecular formula is C33H38FN3O3. The number of nitrogens with two attached hydrogens (primary N) is 1. The summed E-state index contributed by atoms with van der Waals surface area (Å²) in [4.78, 5) is 16.1. The van der Waals surface area contributed by atoms with Gasteiger partial charge in [0, 0.05) is 45.3 Å². The molecular weight excluding hydrogens is 505 g/mol. The SMILES string of the molecule is COCCC(C(=O)C(N)Cc1ccc(F)cc1)C1CN(C(Cc2ccc3ccccc3c2)c2ccco2)CCN1. The number of fused-ring (bicyclic) bond motifs is 1. The fourth-order valence-corrected chi connectivity index (χ4v) is 5.87. The van der Waals surface area contributed by atoms with Crippen molar-refractivity contribution in [1.29, 1.82) is 0 Å². The van der Waals surface area contributed by atoms with E-state index in [-0.39, 0.29) is 29.6 Å². The number of benzene rings is 3. The highest BCUT2D eigenvalue weighted by Crippen LogP contribution is 2.30. The highest BCUT2D eigenvalue weighted by atomic mass is 19.1. The van der Waals surface area contributed by atoms with Crippen molar-refractivity contribution in [3.8, 4) is 0 Å². The quantitative estimate of drug-likeness (QED) is 0.264. The van der Waals surface area contributed by atoms with Gasteiger partial charge in [0.15, 0.2) is 5.78 Å². The van der Waals surface area contributed by atoms with Crippen molar-refractivity contribution in [3.05, 3.63) is 108 Å². The maximum atomic E-state index is 13.7. The molecule has 0 radical (unpaired) electrons. The lowest BCUT2D eigenvalue weighted by Crippen LogP contribution is -2.58. The maximum absolute atomic E-state index is 13.7. The lowest BCUT2D eigenvalue weighted by molar-refractivity contribution is -0.126. The van der Waals surface area contributed by atoms with E-state index in [1.807, 2.05) is 12.1 Å². The van der Waals surface area contributed by atoms with Crippen LogP contribution in [0, 0.1) is 11.7 Å². The minimum absolute atomic E-state index is 0.00445. The first kappa shape index (κ1) is 28.2. The highest BCUT2D eigenvalue weighted by Gasteiger charge is 2.36. The first-order valence-corrected chi connectivity index (χ1v) is 14.0. The smallest absolute Gasteiger partial charge is 0.154 e. The van der Waals surface area contributed by atoms with Crippen molar-refractivity contribution in [3.63, 3.8) is 0 Å². The van der Waals surface area contributed by atoms with E-state index in [0.29, 0.717) is 26.0 Å². The van der Waals surface area contributed by atoms with Crippen LogP contribution in [0.1, 0.15) is 29.3 Å². The molecule has 0 aliphatic carbocycles. The molecule has 0 spiro atoms. The van der Waals surface area contributed by atoms with E-state index >= 15 is 0 Å². The summed E-state index contributed by atoms with van der Waals surface area (Å²) in [6, 6.07) is 24.4. The van der Waals surface area contributed by atoms with Gasteiger partial charge in [0.05, 0.1) is 18.3 Å². The number of halogens is 1. The van der Waals surface area contributed by atoms with E-state index in [1.54, 1.807) is 25.5 Å². The molecule has 0 saturated carbocycles. The zero-order valence-corrected chi connectivity index (χ0v) is 23.0. The van der Waals surface area contributed by atoms with Gasteiger partial charge in [0.1, 0.15) is 11.6 Å². The van der Waals surface area contributed by atoms with E-state index in [0.717, 1.165) is 30.8 Å². The van der Waals surface area contributed by atoms with Gasteiger partial charge in [-0.05, 0) is 65.4 Å². The number of rotatable bonds is 12. The van der Waals surface area contributed by atoms with Gasteiger partial charge in [-0.25, -0.2) is 4.39 Å². The van der Waals surface area contributed by atoms with E-state index < -0.39 is 6.04 Å². The van der Waals surface area contributed by atoms with Crippen LogP contribution in [-0.4, -0.2) is 56.1 Å². The van der Waals surface area contributed by atoms with Crippen molar-refractivity contribution in [2.75, 3.05) is 33.4 Å². The third-order valence-corrected chi connectivity index (χ3v) is 8.01. The molecule has 1 fully saturated rings. The number of carbonyl (C=O) groups excluding carboxylic acids is 1. The van der Waals surface area contributed by atoms with Crippen molar-refractivity contribution in [2.45, 2.75) is 37.4 Å². The topological polar surface area (TPSA) is 80.7 Å². The van der Waals surface area contributed by atoms with Crippen LogP contribution in [0.15, 0.2) is 89.5 Å². The molecule has 4 atom stereocenters. The fourth-order valence-electron chi connectivity index (χ4n) is 5.87. The summed E-state index contributed by atoms with van der Waals surface area (Å²) in [5, 5.41) is 6.04. The Morgan fingerprint density at radius 2 is 1.82 bits per heavy atom. The Kier molecular flexibility index (Phi) is 9.39. The van der Waals surface area contributed by atoms with Crippen molar-refractivity contribution < 1.29 is 18.3 Å². The van der Waals surface area contributed by atoms with E-state index in [9.17, 15) is 9.18 Å². The number of nitrogens with zero attached hydrogens (tertiary/aromatic N) is 1. The number of carbonyl (C=O) groups is 1. The van der Waals surface area contributed by atoms with Gasteiger partial charge in [-0.1, -0.05) is 54.6 Å². The summed E-state index contributed by atoms with van der Waals surface area (Å²) in [7, 11) is 1.65. The third kappa shape index (κ3) is 6.85. The van der Waals surface area contributed by atoms with Crippen LogP contribution < -0.4 is 11.1 Å². The molecule has 0 bridgehead atoms. The van der Waals surface area contributed by atoms with Crippen molar-refractivity contribution in [1.82, 2.24) is 10.2 Å². The van der Waals surface area contributed by atoms with Crippen LogP contribution >= 0.6 is 0 Å². The van der Waals surface area contributed by atoms with Gasteiger partial charge in [-0.2, -0.15) is 0 Å². The van der Waals surface area contributed by atoms with Crippen molar-refractivity contribution in [2.24, 2.45) is 11.7 Å². The van der Waals surface area contributed by atoms with Crippen molar-refractivity contribution >= 4 is 16.6 Å². The van der Waals surface area contributed by atoms with Crippen LogP contribution in [0.3, 0.4) is 0 Å². The van der Waals surface area contributed by atoms with Gasteiger partial charge in [-0.3, -0.25) is 9.69 Å². The Bertz CT molecular complexity index is 1380. The Hall–Kier alpha value is -3.36. The predicted molar refractivity (Wildman–Crippen MR) is 156 cm³/mol. The molecule has 1 aromatic heterocycles. The van der Waals surface area contributed by atoms with Crippen LogP contribution in [0.4, 0.5) is 4.39 Å². The van der Waals surface area contributed by atoms with Gasteiger partial charge in [-0.15, -0.1) is 0 Å². The number of nitrogens with one attached hydrogen (secondary N) is 1. The number of hydrogen-bond donors (Lipinski definition) is 2. The van der Waals surface area contributed by atoms with E-state index in [2.05, 4.69) is 52.7 Å². The Balaban J connectivity index is 1.34. The zero-order valence-electron chi connectivity index (χ0n) is 23.0. The largest absolute Gasteiger partial charge is 0.468 e. The second-order valence-electron chi connectivity index (χ2n) is 10.7. The second-order valence-corrected chi connectivity index (χ2v) is 10.7. The van der Waals surface area contributed by atoms with E-state index in [4.69, 9.17) is 14.9 Å². The maximum Gasteiger partial charge on any atom is 0.154 e. The van der Waals surface area contributed by atoms with E-state index in [1.165, 1.54) is 28.5 Å². The number of ether oxygens (including phenoxy) is 1. The number of hydrogen-bond acceptors (Lipinski definition) is 6. The molecule has 7 heteroatoms. The molecule has 3 N–H and O–H groups in total. The summed E-state index contributed by atoms with van der Waals surface area (Å²) >= 11 is 0. The summed E-state index contributed by atoms with van der Waals surface area (Å²) in [5.74, 6) is 0.311. The Morgan fingerprint density at radius 1 is 1.05 bits per heavy atom. The summed E-state index contributed by atoms with van der Waals surface area (Å²) < 4.78 is 24.7. The molecule has 1 saturated heterocycles. The van der Waals surface area contributed by atoms with Crippen LogP contribution in [0.25, 0.3) is 10.8 Å². The predicted octanol–water partition coefficient (Wildman–Crippen LogP) is 4.92. The minimum atomic E-state index is -0.678. The number of furan rings is 1. The average Bonchev–Trinajstić information content (AvgIpc) is 3.52. The monoisotopic (exact) mass is 543 g/mol. The summed E-state index contributed by atoms with van der Waals surface area (Å²) in [6.07, 6.45) is 3.47. The molecule has 40 heavy (non-hydrogen) atoms. The Labute approximate surface area is 235 Å². The Morgan fingerprint density at radius 3 is 2.58 bits per heavy atom. The standard InChI is InChI=1S/C33H38FN3O3/c1-39-18-14-28(33(38)29(35)20-23-9-12-27(34)13-10-23)30-22-37(16-15-36-30)31(32-7-4-17-40-32)21-24-8-11-25-5-2-3-6-26(25)19-24/h2-13,17,19,28-31,36H,14-16,18,20-22,35H2,1H3. The van der Waals surface area contributed by atoms with Crippen LogP contribution in [0.2, 0.25) is 0 Å². The molecule has 5 rings (SSSR count). The summed E-state index contributed by atoms with van der Waals surface area (Å²) in [6.45, 7) is 2.74. The van der Waals surface area contributed by atoms with Gasteiger partial charge < -0.3 is 20.2 Å². The second kappa shape index (κ2) is 13.3.